The molecule has 1 aromatic heterocycles. The minimum atomic E-state index is 0.538. The molecule has 0 radical (unpaired) electrons. The summed E-state index contributed by atoms with van der Waals surface area (Å²) in [6, 6.07) is 8.36. The average Bonchev–Trinajstić information content (AvgIpc) is 2.81. The molecule has 0 aliphatic heterocycles. The van der Waals surface area contributed by atoms with Crippen molar-refractivity contribution in [2.24, 2.45) is 5.92 Å². The predicted molar refractivity (Wildman–Crippen MR) is 62.9 cm³/mol. The van der Waals surface area contributed by atoms with Gasteiger partial charge in [-0.15, -0.1) is 5.10 Å². The lowest BCUT2D eigenvalue weighted by Crippen LogP contribution is -2.01. The number of hydrogen-bond acceptors (Lipinski definition) is 3. The molecule has 1 unspecified atom stereocenters. The number of nitrogens with zero attached hydrogens (tertiary/aromatic N) is 3. The van der Waals surface area contributed by atoms with Gasteiger partial charge in [-0.2, -0.15) is 0 Å². The molecule has 0 saturated carbocycles. The lowest BCUT2D eigenvalue weighted by atomic mass is 9.89. The third-order valence-electron chi connectivity index (χ3n) is 3.03. The van der Waals surface area contributed by atoms with Crippen LogP contribution in [0.15, 0.2) is 24.3 Å². The first-order valence-corrected chi connectivity index (χ1v) is 5.52. The van der Waals surface area contributed by atoms with E-state index in [1.807, 2.05) is 12.1 Å². The van der Waals surface area contributed by atoms with E-state index in [1.54, 1.807) is 0 Å². The molecule has 0 bridgehead atoms. The van der Waals surface area contributed by atoms with Crippen molar-refractivity contribution < 1.29 is 0 Å². The molecule has 2 rings (SSSR count). The Labute approximate surface area is 95.1 Å². The molecule has 1 atom stereocenters. The van der Waals surface area contributed by atoms with Crippen LogP contribution in [0.2, 0.25) is 0 Å². The van der Waals surface area contributed by atoms with Crippen LogP contribution in [0, 0.1) is 5.92 Å². The monoisotopic (exact) mass is 216 g/mol. The zero-order valence-electron chi connectivity index (χ0n) is 9.81. The number of aromatic amines is 1. The van der Waals surface area contributed by atoms with Crippen LogP contribution in [-0.4, -0.2) is 20.6 Å². The van der Waals surface area contributed by atoms with Crippen molar-refractivity contribution in [3.63, 3.8) is 0 Å². The van der Waals surface area contributed by atoms with E-state index in [2.05, 4.69) is 53.5 Å². The summed E-state index contributed by atoms with van der Waals surface area (Å²) in [7, 11) is 0. The maximum Gasteiger partial charge on any atom is 0.179 e. The molecule has 1 aromatic carbocycles. The number of hydrogen-bond donors (Lipinski definition) is 1. The molecular formula is C12H16N4. The molecule has 4 heteroatoms. The summed E-state index contributed by atoms with van der Waals surface area (Å²) in [4.78, 5) is 0. The molecule has 0 amide bonds. The van der Waals surface area contributed by atoms with Gasteiger partial charge in [0.1, 0.15) is 0 Å². The van der Waals surface area contributed by atoms with Crippen molar-refractivity contribution in [2.45, 2.75) is 26.7 Å². The first-order valence-electron chi connectivity index (χ1n) is 5.52. The summed E-state index contributed by atoms with van der Waals surface area (Å²) in [6.45, 7) is 6.70. The molecule has 0 saturated heterocycles. The van der Waals surface area contributed by atoms with Crippen molar-refractivity contribution in [3.8, 4) is 11.4 Å². The predicted octanol–water partition coefficient (Wildman–Crippen LogP) is 2.63. The minimum Gasteiger partial charge on any atom is -0.239 e. The van der Waals surface area contributed by atoms with Gasteiger partial charge in [0.15, 0.2) is 5.82 Å². The van der Waals surface area contributed by atoms with Crippen molar-refractivity contribution in [2.75, 3.05) is 0 Å². The molecule has 0 fully saturated rings. The van der Waals surface area contributed by atoms with Gasteiger partial charge in [0.25, 0.3) is 0 Å². The number of tetrazole rings is 1. The van der Waals surface area contributed by atoms with Crippen LogP contribution >= 0.6 is 0 Å². The smallest absolute Gasteiger partial charge is 0.179 e. The fourth-order valence-corrected chi connectivity index (χ4v) is 1.64. The average molecular weight is 216 g/mol. The molecule has 16 heavy (non-hydrogen) atoms. The van der Waals surface area contributed by atoms with E-state index in [0.717, 1.165) is 11.4 Å². The second-order valence-corrected chi connectivity index (χ2v) is 4.41. The fraction of sp³-hybridized carbons (Fsp3) is 0.417. The summed E-state index contributed by atoms with van der Waals surface area (Å²) in [5, 5.41) is 13.9. The number of benzene rings is 1. The third kappa shape index (κ3) is 2.10. The number of aromatic nitrogens is 4. The van der Waals surface area contributed by atoms with Crippen LogP contribution in [0.3, 0.4) is 0 Å². The molecule has 1 heterocycles. The van der Waals surface area contributed by atoms with Gasteiger partial charge in [-0.05, 0) is 33.9 Å². The van der Waals surface area contributed by atoms with Crippen LogP contribution < -0.4 is 0 Å². The Morgan fingerprint density at radius 2 is 2.00 bits per heavy atom. The molecule has 84 valence electrons. The van der Waals surface area contributed by atoms with Gasteiger partial charge in [0.05, 0.1) is 0 Å². The molecule has 0 spiro atoms. The lowest BCUT2D eigenvalue weighted by molar-refractivity contribution is 0.535. The largest absolute Gasteiger partial charge is 0.239 e. The highest BCUT2D eigenvalue weighted by atomic mass is 15.5. The summed E-state index contributed by atoms with van der Waals surface area (Å²) in [5.74, 6) is 1.89. The Morgan fingerprint density at radius 3 is 2.62 bits per heavy atom. The van der Waals surface area contributed by atoms with Crippen LogP contribution in [0.1, 0.15) is 32.3 Å². The Balaban J connectivity index is 2.34. The first kappa shape index (κ1) is 10.8. The standard InChI is InChI=1S/C12H16N4/c1-8(2)9(3)10-5-4-6-11(7-10)12-13-15-16-14-12/h4-9H,1-3H3,(H,13,14,15,16). The first-order chi connectivity index (χ1) is 7.68. The zero-order valence-corrected chi connectivity index (χ0v) is 9.81. The van der Waals surface area contributed by atoms with Gasteiger partial charge in [0.2, 0.25) is 0 Å². The van der Waals surface area contributed by atoms with Gasteiger partial charge in [-0.3, -0.25) is 0 Å². The Kier molecular flexibility index (Phi) is 2.99. The summed E-state index contributed by atoms with van der Waals surface area (Å²) in [6.07, 6.45) is 0. The highest BCUT2D eigenvalue weighted by Crippen LogP contribution is 2.26. The number of nitrogens with one attached hydrogen (secondary N) is 1. The maximum atomic E-state index is 3.92. The van der Waals surface area contributed by atoms with Crippen LogP contribution in [0.5, 0.6) is 0 Å². The van der Waals surface area contributed by atoms with Gasteiger partial charge in [-0.25, -0.2) is 5.10 Å². The highest BCUT2D eigenvalue weighted by molar-refractivity contribution is 5.55. The van der Waals surface area contributed by atoms with E-state index in [0.29, 0.717) is 11.8 Å². The second-order valence-electron chi connectivity index (χ2n) is 4.41. The topological polar surface area (TPSA) is 54.5 Å². The normalized spacial score (nSPS) is 13.0. The van der Waals surface area contributed by atoms with Gasteiger partial charge >= 0.3 is 0 Å². The SMILES string of the molecule is CC(C)C(C)c1cccc(-c2nnn[nH]2)c1. The molecule has 2 aromatic rings. The highest BCUT2D eigenvalue weighted by Gasteiger charge is 2.11. The van der Waals surface area contributed by atoms with E-state index >= 15 is 0 Å². The quantitative estimate of drug-likeness (QED) is 0.858. The lowest BCUT2D eigenvalue weighted by Gasteiger charge is -2.16. The minimum absolute atomic E-state index is 0.538. The van der Waals surface area contributed by atoms with E-state index in [1.165, 1.54) is 5.56 Å². The molecule has 0 aliphatic carbocycles. The van der Waals surface area contributed by atoms with E-state index < -0.39 is 0 Å². The molecule has 0 aliphatic rings. The zero-order chi connectivity index (χ0) is 11.5. The number of H-pyrrole nitrogens is 1. The second kappa shape index (κ2) is 4.43. The Morgan fingerprint density at radius 1 is 1.19 bits per heavy atom. The van der Waals surface area contributed by atoms with Gasteiger partial charge in [0, 0.05) is 5.56 Å². The Bertz CT molecular complexity index is 448. The van der Waals surface area contributed by atoms with Crippen LogP contribution in [-0.2, 0) is 0 Å². The molecule has 1 N–H and O–H groups in total. The van der Waals surface area contributed by atoms with E-state index in [9.17, 15) is 0 Å². The fourth-order valence-electron chi connectivity index (χ4n) is 1.64. The summed E-state index contributed by atoms with van der Waals surface area (Å²) >= 11 is 0. The summed E-state index contributed by atoms with van der Waals surface area (Å²) in [5.41, 5.74) is 2.36. The van der Waals surface area contributed by atoms with Crippen molar-refractivity contribution in [3.05, 3.63) is 29.8 Å². The van der Waals surface area contributed by atoms with Gasteiger partial charge < -0.3 is 0 Å². The Hall–Kier alpha value is -1.71. The van der Waals surface area contributed by atoms with Crippen LogP contribution in [0.25, 0.3) is 11.4 Å². The van der Waals surface area contributed by atoms with Gasteiger partial charge in [-0.1, -0.05) is 39.0 Å². The van der Waals surface area contributed by atoms with Crippen molar-refractivity contribution >= 4 is 0 Å². The molecule has 4 nitrogen and oxygen atoms in total. The molecular weight excluding hydrogens is 200 g/mol. The van der Waals surface area contributed by atoms with Crippen molar-refractivity contribution in [1.82, 2.24) is 20.6 Å². The third-order valence-corrected chi connectivity index (χ3v) is 3.03. The maximum absolute atomic E-state index is 3.92. The van der Waals surface area contributed by atoms with Crippen molar-refractivity contribution in [1.29, 1.82) is 0 Å². The van der Waals surface area contributed by atoms with Crippen LogP contribution in [0.4, 0.5) is 0 Å². The van der Waals surface area contributed by atoms with E-state index in [-0.39, 0.29) is 0 Å². The summed E-state index contributed by atoms with van der Waals surface area (Å²) < 4.78 is 0. The number of rotatable bonds is 3. The van der Waals surface area contributed by atoms with E-state index in [4.69, 9.17) is 0 Å².